The van der Waals surface area contributed by atoms with Crippen molar-refractivity contribution in [3.63, 3.8) is 0 Å². The summed E-state index contributed by atoms with van der Waals surface area (Å²) in [6.45, 7) is 2.69. The van der Waals surface area contributed by atoms with Crippen LogP contribution in [0, 0.1) is 0 Å². The first kappa shape index (κ1) is 19.5. The van der Waals surface area contributed by atoms with E-state index in [-0.39, 0.29) is 11.8 Å². The lowest BCUT2D eigenvalue weighted by Crippen LogP contribution is -2.05. The third-order valence-corrected chi connectivity index (χ3v) is 5.82. The van der Waals surface area contributed by atoms with Crippen LogP contribution in [0.15, 0.2) is 58.0 Å². The van der Waals surface area contributed by atoms with Gasteiger partial charge in [-0.25, -0.2) is 4.99 Å². The molecule has 29 heavy (non-hydrogen) atoms. The van der Waals surface area contributed by atoms with Gasteiger partial charge in [-0.2, -0.15) is 0 Å². The average molecular weight is 453 g/mol. The molecule has 1 aromatic heterocycles. The number of nitrogens with zero attached hydrogens (tertiary/aromatic N) is 2. The summed E-state index contributed by atoms with van der Waals surface area (Å²) < 4.78 is 8.18. The minimum atomic E-state index is -0.350. The lowest BCUT2D eigenvalue weighted by Gasteiger charge is -2.14. The van der Waals surface area contributed by atoms with Crippen LogP contribution in [0.2, 0.25) is 0 Å². The lowest BCUT2D eigenvalue weighted by molar-refractivity contribution is 0.101. The summed E-state index contributed by atoms with van der Waals surface area (Å²) >= 11 is 3.54. The standard InChI is InChI=1S/C23H21BrN2O3/c1-3-4-13-26-21(15-10-6-8-12-17(15)29-2)19-18(23(26)28)20(25-22(19)27)14-9-5-7-11-16(14)24/h5-12,28H,3-4,13H2,1-2H3. The maximum atomic E-state index is 13.0. The normalized spacial score (nSPS) is 12.8. The Hall–Kier alpha value is -2.86. The van der Waals surface area contributed by atoms with Crippen molar-refractivity contribution in [1.82, 2.24) is 4.57 Å². The number of rotatable bonds is 6. The highest BCUT2D eigenvalue weighted by atomic mass is 79.9. The van der Waals surface area contributed by atoms with E-state index in [9.17, 15) is 9.90 Å². The molecule has 3 aromatic rings. The molecule has 1 aliphatic rings. The van der Waals surface area contributed by atoms with Gasteiger partial charge in [-0.15, -0.1) is 0 Å². The summed E-state index contributed by atoms with van der Waals surface area (Å²) in [5.41, 5.74) is 3.59. The molecule has 5 nitrogen and oxygen atoms in total. The average Bonchev–Trinajstić information content (AvgIpc) is 3.22. The number of methoxy groups -OCH3 is 1. The molecule has 0 radical (unpaired) electrons. The van der Waals surface area contributed by atoms with Crippen molar-refractivity contribution < 1.29 is 14.6 Å². The van der Waals surface area contributed by atoms with Gasteiger partial charge < -0.3 is 14.4 Å². The van der Waals surface area contributed by atoms with E-state index in [1.165, 1.54) is 0 Å². The molecular formula is C23H21BrN2O3. The zero-order valence-electron chi connectivity index (χ0n) is 16.3. The molecular weight excluding hydrogens is 432 g/mol. The molecule has 1 amide bonds. The SMILES string of the molecule is CCCCn1c(O)c2c(c1-c1ccccc1OC)C(=O)N=C2c1ccccc1Br. The van der Waals surface area contributed by atoms with Crippen LogP contribution in [0.5, 0.6) is 11.6 Å². The summed E-state index contributed by atoms with van der Waals surface area (Å²) in [7, 11) is 1.60. The van der Waals surface area contributed by atoms with E-state index in [1.54, 1.807) is 7.11 Å². The van der Waals surface area contributed by atoms with Gasteiger partial charge in [0.2, 0.25) is 5.88 Å². The molecule has 2 aromatic carbocycles. The molecule has 148 valence electrons. The van der Waals surface area contributed by atoms with Crippen molar-refractivity contribution in [2.24, 2.45) is 4.99 Å². The van der Waals surface area contributed by atoms with Gasteiger partial charge in [-0.05, 0) is 24.6 Å². The van der Waals surface area contributed by atoms with E-state index in [0.29, 0.717) is 34.8 Å². The summed E-state index contributed by atoms with van der Waals surface area (Å²) in [6, 6.07) is 15.1. The Labute approximate surface area is 177 Å². The van der Waals surface area contributed by atoms with Crippen LogP contribution in [-0.4, -0.2) is 28.4 Å². The topological polar surface area (TPSA) is 63.8 Å². The van der Waals surface area contributed by atoms with Crippen LogP contribution < -0.4 is 4.74 Å². The molecule has 0 saturated heterocycles. The van der Waals surface area contributed by atoms with Gasteiger partial charge in [-0.3, -0.25) is 4.79 Å². The summed E-state index contributed by atoms with van der Waals surface area (Å²) in [6.07, 6.45) is 1.84. The number of unbranched alkanes of at least 4 members (excludes halogenated alkanes) is 1. The van der Waals surface area contributed by atoms with Crippen molar-refractivity contribution in [2.75, 3.05) is 7.11 Å². The molecule has 2 heterocycles. The zero-order chi connectivity index (χ0) is 20.5. The number of para-hydroxylation sites is 1. The van der Waals surface area contributed by atoms with Gasteiger partial charge in [-0.1, -0.05) is 59.6 Å². The molecule has 1 N–H and O–H groups in total. The maximum Gasteiger partial charge on any atom is 0.280 e. The number of carbonyl (C=O) groups is 1. The third kappa shape index (κ3) is 3.17. The second-order valence-electron chi connectivity index (χ2n) is 6.87. The van der Waals surface area contributed by atoms with Gasteiger partial charge in [0.05, 0.1) is 29.6 Å². The van der Waals surface area contributed by atoms with Crippen LogP contribution in [0.1, 0.15) is 41.3 Å². The number of aliphatic imine (C=N–C) groups is 1. The number of aromatic hydroxyl groups is 1. The van der Waals surface area contributed by atoms with E-state index >= 15 is 0 Å². The lowest BCUT2D eigenvalue weighted by atomic mass is 10.00. The molecule has 0 saturated carbocycles. The molecule has 0 unspecified atom stereocenters. The number of halogens is 1. The number of hydrogen-bond donors (Lipinski definition) is 1. The van der Waals surface area contributed by atoms with E-state index in [1.807, 2.05) is 53.1 Å². The highest BCUT2D eigenvalue weighted by Gasteiger charge is 2.37. The number of ether oxygens (including phenoxy) is 1. The Kier molecular flexibility index (Phi) is 5.28. The summed E-state index contributed by atoms with van der Waals surface area (Å²) in [4.78, 5) is 17.3. The quantitative estimate of drug-likeness (QED) is 0.542. The first-order chi connectivity index (χ1) is 14.1. The van der Waals surface area contributed by atoms with Crippen LogP contribution in [0.3, 0.4) is 0 Å². The predicted octanol–water partition coefficient (Wildman–Crippen LogP) is 5.42. The first-order valence-corrected chi connectivity index (χ1v) is 10.3. The van der Waals surface area contributed by atoms with Crippen LogP contribution in [0.4, 0.5) is 0 Å². The van der Waals surface area contributed by atoms with E-state index in [4.69, 9.17) is 4.74 Å². The molecule has 0 fully saturated rings. The second kappa shape index (κ2) is 7.87. The Bertz CT molecular complexity index is 1130. The van der Waals surface area contributed by atoms with Crippen molar-refractivity contribution in [3.05, 3.63) is 69.7 Å². The number of hydrogen-bond acceptors (Lipinski definition) is 3. The second-order valence-corrected chi connectivity index (χ2v) is 7.73. The fraction of sp³-hybridized carbons (Fsp3) is 0.217. The monoisotopic (exact) mass is 452 g/mol. The molecule has 0 spiro atoms. The van der Waals surface area contributed by atoms with Crippen molar-refractivity contribution in [1.29, 1.82) is 0 Å². The fourth-order valence-electron chi connectivity index (χ4n) is 3.75. The van der Waals surface area contributed by atoms with Crippen LogP contribution in [-0.2, 0) is 6.54 Å². The zero-order valence-corrected chi connectivity index (χ0v) is 17.9. The third-order valence-electron chi connectivity index (χ3n) is 5.13. The summed E-state index contributed by atoms with van der Waals surface area (Å²) in [5, 5.41) is 11.2. The molecule has 0 aliphatic carbocycles. The number of carbonyl (C=O) groups excluding carboxylic acids is 1. The molecule has 1 aliphatic heterocycles. The highest BCUT2D eigenvalue weighted by Crippen LogP contribution is 2.44. The molecule has 6 heteroatoms. The van der Waals surface area contributed by atoms with E-state index in [2.05, 4.69) is 27.8 Å². The number of amides is 1. The van der Waals surface area contributed by atoms with Gasteiger partial charge >= 0.3 is 0 Å². The van der Waals surface area contributed by atoms with Gasteiger partial charge in [0.1, 0.15) is 5.75 Å². The van der Waals surface area contributed by atoms with Crippen LogP contribution >= 0.6 is 15.9 Å². The predicted molar refractivity (Wildman–Crippen MR) is 117 cm³/mol. The van der Waals surface area contributed by atoms with E-state index in [0.717, 1.165) is 28.4 Å². The van der Waals surface area contributed by atoms with Crippen LogP contribution in [0.25, 0.3) is 11.3 Å². The Morgan fingerprint density at radius 3 is 2.45 bits per heavy atom. The molecule has 0 atom stereocenters. The van der Waals surface area contributed by atoms with Crippen molar-refractivity contribution >= 4 is 27.5 Å². The van der Waals surface area contributed by atoms with Crippen molar-refractivity contribution in [2.45, 2.75) is 26.3 Å². The molecule has 4 rings (SSSR count). The van der Waals surface area contributed by atoms with Crippen molar-refractivity contribution in [3.8, 4) is 22.9 Å². The fourth-order valence-corrected chi connectivity index (χ4v) is 4.23. The number of aromatic nitrogens is 1. The Morgan fingerprint density at radius 1 is 1.07 bits per heavy atom. The van der Waals surface area contributed by atoms with E-state index < -0.39 is 0 Å². The Balaban J connectivity index is 2.00. The minimum absolute atomic E-state index is 0.0645. The smallest absolute Gasteiger partial charge is 0.280 e. The van der Waals surface area contributed by atoms with Gasteiger partial charge in [0.25, 0.3) is 5.91 Å². The highest BCUT2D eigenvalue weighted by molar-refractivity contribution is 9.10. The summed E-state index contributed by atoms with van der Waals surface area (Å²) in [5.74, 6) is 0.361. The van der Waals surface area contributed by atoms with Gasteiger partial charge in [0, 0.05) is 22.1 Å². The Morgan fingerprint density at radius 2 is 1.76 bits per heavy atom. The molecule has 0 bridgehead atoms. The minimum Gasteiger partial charge on any atom is -0.496 e. The first-order valence-electron chi connectivity index (χ1n) is 9.55. The maximum absolute atomic E-state index is 13.0. The largest absolute Gasteiger partial charge is 0.496 e. The number of benzene rings is 2. The number of fused-ring (bicyclic) bond motifs is 1. The van der Waals surface area contributed by atoms with Gasteiger partial charge in [0.15, 0.2) is 0 Å².